The summed E-state index contributed by atoms with van der Waals surface area (Å²) in [7, 11) is 0. The molecule has 1 aliphatic heterocycles. The second-order valence-electron chi connectivity index (χ2n) is 6.99. The Hall–Kier alpha value is -4.11. The van der Waals surface area contributed by atoms with Gasteiger partial charge >= 0.3 is 0 Å². The van der Waals surface area contributed by atoms with Gasteiger partial charge in [0.2, 0.25) is 11.8 Å². The Balaban J connectivity index is 1.39. The van der Waals surface area contributed by atoms with E-state index < -0.39 is 5.92 Å². The van der Waals surface area contributed by atoms with Gasteiger partial charge in [-0.05, 0) is 60.7 Å². The van der Waals surface area contributed by atoms with Crippen LogP contribution < -0.4 is 15.0 Å². The number of benzene rings is 3. The Labute approximate surface area is 174 Å². The molecule has 1 aliphatic rings. The quantitative estimate of drug-likeness (QED) is 0.694. The van der Waals surface area contributed by atoms with Gasteiger partial charge in [-0.1, -0.05) is 18.2 Å². The van der Waals surface area contributed by atoms with Gasteiger partial charge in [0.15, 0.2) is 0 Å². The topological polar surface area (TPSA) is 82.4 Å². The van der Waals surface area contributed by atoms with Crippen LogP contribution in [0.2, 0.25) is 0 Å². The number of carbonyl (C=O) groups excluding carboxylic acids is 2. The minimum atomic E-state index is -0.437. The van der Waals surface area contributed by atoms with Crippen molar-refractivity contribution in [3.05, 3.63) is 84.4 Å². The van der Waals surface area contributed by atoms with E-state index in [1.54, 1.807) is 41.3 Å². The second-order valence-corrected chi connectivity index (χ2v) is 6.99. The minimum absolute atomic E-state index is 0.0910. The summed E-state index contributed by atoms with van der Waals surface area (Å²) in [6.07, 6.45) is 0.157. The fourth-order valence-electron chi connectivity index (χ4n) is 3.32. The largest absolute Gasteiger partial charge is 0.457 e. The molecule has 6 heteroatoms. The van der Waals surface area contributed by atoms with Crippen molar-refractivity contribution in [2.75, 3.05) is 16.8 Å². The van der Waals surface area contributed by atoms with E-state index in [9.17, 15) is 9.59 Å². The summed E-state index contributed by atoms with van der Waals surface area (Å²) in [4.78, 5) is 26.7. The van der Waals surface area contributed by atoms with Crippen LogP contribution in [0.4, 0.5) is 11.4 Å². The highest BCUT2D eigenvalue weighted by atomic mass is 16.5. The minimum Gasteiger partial charge on any atom is -0.457 e. The van der Waals surface area contributed by atoms with E-state index in [2.05, 4.69) is 5.32 Å². The third-order valence-corrected chi connectivity index (χ3v) is 4.90. The summed E-state index contributed by atoms with van der Waals surface area (Å²) in [6.45, 7) is 0.319. The first-order valence-corrected chi connectivity index (χ1v) is 9.57. The SMILES string of the molecule is N#Cc1ccc(NC(=O)C2CC(=O)N(c3ccc(Oc4ccccc4)cc3)C2)cc1. The summed E-state index contributed by atoms with van der Waals surface area (Å²) >= 11 is 0. The first-order chi connectivity index (χ1) is 14.6. The van der Waals surface area contributed by atoms with Crippen LogP contribution in [-0.2, 0) is 9.59 Å². The van der Waals surface area contributed by atoms with E-state index in [-0.39, 0.29) is 18.2 Å². The summed E-state index contributed by atoms with van der Waals surface area (Å²) in [5, 5.41) is 11.7. The lowest BCUT2D eigenvalue weighted by molar-refractivity contribution is -0.122. The molecule has 0 spiro atoms. The zero-order valence-electron chi connectivity index (χ0n) is 16.1. The van der Waals surface area contributed by atoms with E-state index >= 15 is 0 Å². The molecular formula is C24H19N3O3. The van der Waals surface area contributed by atoms with Gasteiger partial charge in [-0.3, -0.25) is 9.59 Å². The first-order valence-electron chi connectivity index (χ1n) is 9.57. The van der Waals surface area contributed by atoms with Gasteiger partial charge in [-0.2, -0.15) is 5.26 Å². The second kappa shape index (κ2) is 8.50. The molecule has 1 atom stereocenters. The van der Waals surface area contributed by atoms with Crippen LogP contribution in [0.25, 0.3) is 0 Å². The predicted octanol–water partition coefficient (Wildman–Crippen LogP) is 4.34. The van der Waals surface area contributed by atoms with Crippen LogP contribution in [0.1, 0.15) is 12.0 Å². The van der Waals surface area contributed by atoms with Gasteiger partial charge in [-0.25, -0.2) is 0 Å². The highest BCUT2D eigenvalue weighted by Crippen LogP contribution is 2.29. The fourth-order valence-corrected chi connectivity index (χ4v) is 3.32. The third-order valence-electron chi connectivity index (χ3n) is 4.90. The molecule has 0 aliphatic carbocycles. The number of nitrogens with one attached hydrogen (secondary N) is 1. The summed E-state index contributed by atoms with van der Waals surface area (Å²) < 4.78 is 5.78. The van der Waals surface area contributed by atoms with E-state index in [0.717, 1.165) is 11.4 Å². The lowest BCUT2D eigenvalue weighted by Crippen LogP contribution is -2.28. The number of para-hydroxylation sites is 1. The van der Waals surface area contributed by atoms with Gasteiger partial charge in [0.1, 0.15) is 11.5 Å². The molecule has 1 fully saturated rings. The van der Waals surface area contributed by atoms with Crippen molar-refractivity contribution in [3.8, 4) is 17.6 Å². The molecule has 0 bridgehead atoms. The zero-order valence-corrected chi connectivity index (χ0v) is 16.1. The molecule has 0 radical (unpaired) electrons. The molecule has 148 valence electrons. The number of rotatable bonds is 5. The van der Waals surface area contributed by atoms with Crippen LogP contribution in [0.3, 0.4) is 0 Å². The zero-order chi connectivity index (χ0) is 20.9. The molecule has 2 amide bonds. The molecule has 4 rings (SSSR count). The summed E-state index contributed by atoms with van der Waals surface area (Å²) in [6, 6.07) is 25.4. The van der Waals surface area contributed by atoms with Gasteiger partial charge < -0.3 is 15.0 Å². The average Bonchev–Trinajstić information content (AvgIpc) is 3.17. The Kier molecular flexibility index (Phi) is 5.44. The Morgan fingerprint density at radius 2 is 1.63 bits per heavy atom. The van der Waals surface area contributed by atoms with Crippen LogP contribution in [-0.4, -0.2) is 18.4 Å². The molecule has 1 N–H and O–H groups in total. The predicted molar refractivity (Wildman–Crippen MR) is 113 cm³/mol. The molecule has 0 saturated carbocycles. The van der Waals surface area contributed by atoms with E-state index in [1.807, 2.05) is 48.5 Å². The van der Waals surface area contributed by atoms with E-state index in [0.29, 0.717) is 23.5 Å². The van der Waals surface area contributed by atoms with Crippen molar-refractivity contribution >= 4 is 23.2 Å². The maximum atomic E-state index is 12.6. The van der Waals surface area contributed by atoms with Crippen molar-refractivity contribution in [3.63, 3.8) is 0 Å². The standard InChI is InChI=1S/C24H19N3O3/c25-15-17-6-8-19(9-7-17)26-24(29)18-14-23(28)27(16-18)20-10-12-22(13-11-20)30-21-4-2-1-3-5-21/h1-13,18H,14,16H2,(H,26,29). The van der Waals surface area contributed by atoms with Gasteiger partial charge in [0.05, 0.1) is 17.6 Å². The Morgan fingerprint density at radius 1 is 0.967 bits per heavy atom. The van der Waals surface area contributed by atoms with Gasteiger partial charge in [0.25, 0.3) is 0 Å². The number of hydrogen-bond acceptors (Lipinski definition) is 4. The molecule has 6 nitrogen and oxygen atoms in total. The number of anilines is 2. The number of ether oxygens (including phenoxy) is 1. The van der Waals surface area contributed by atoms with Gasteiger partial charge in [-0.15, -0.1) is 0 Å². The molecule has 1 saturated heterocycles. The Bertz CT molecular complexity index is 1090. The first kappa shape index (κ1) is 19.2. The molecule has 1 unspecified atom stereocenters. The number of nitriles is 1. The van der Waals surface area contributed by atoms with Crippen LogP contribution in [0, 0.1) is 17.2 Å². The third kappa shape index (κ3) is 4.31. The number of amides is 2. The fraction of sp³-hybridized carbons (Fsp3) is 0.125. The highest BCUT2D eigenvalue weighted by Gasteiger charge is 2.35. The maximum absolute atomic E-state index is 12.6. The molecule has 3 aromatic carbocycles. The van der Waals surface area contributed by atoms with Crippen molar-refractivity contribution in [2.24, 2.45) is 5.92 Å². The van der Waals surface area contributed by atoms with E-state index in [4.69, 9.17) is 10.00 Å². The lowest BCUT2D eigenvalue weighted by Gasteiger charge is -2.17. The summed E-state index contributed by atoms with van der Waals surface area (Å²) in [5.41, 5.74) is 1.86. The lowest BCUT2D eigenvalue weighted by atomic mass is 10.1. The van der Waals surface area contributed by atoms with Crippen LogP contribution in [0.5, 0.6) is 11.5 Å². The van der Waals surface area contributed by atoms with Crippen molar-refractivity contribution in [1.29, 1.82) is 5.26 Å². The molecular weight excluding hydrogens is 378 g/mol. The number of nitrogens with zero attached hydrogens (tertiary/aromatic N) is 2. The molecule has 3 aromatic rings. The average molecular weight is 397 g/mol. The number of hydrogen-bond donors (Lipinski definition) is 1. The van der Waals surface area contributed by atoms with Crippen LogP contribution in [0.15, 0.2) is 78.9 Å². The number of carbonyl (C=O) groups is 2. The molecule has 30 heavy (non-hydrogen) atoms. The summed E-state index contributed by atoms with van der Waals surface area (Å²) in [5.74, 6) is 0.674. The van der Waals surface area contributed by atoms with Crippen molar-refractivity contribution in [2.45, 2.75) is 6.42 Å². The molecule has 0 aromatic heterocycles. The van der Waals surface area contributed by atoms with Gasteiger partial charge in [0, 0.05) is 24.3 Å². The molecule has 1 heterocycles. The Morgan fingerprint density at radius 3 is 2.30 bits per heavy atom. The smallest absolute Gasteiger partial charge is 0.229 e. The van der Waals surface area contributed by atoms with Crippen molar-refractivity contribution in [1.82, 2.24) is 0 Å². The highest BCUT2D eigenvalue weighted by molar-refractivity contribution is 6.03. The normalized spacial score (nSPS) is 15.5. The maximum Gasteiger partial charge on any atom is 0.229 e. The van der Waals surface area contributed by atoms with E-state index in [1.165, 1.54) is 0 Å². The van der Waals surface area contributed by atoms with Crippen LogP contribution >= 0.6 is 0 Å². The van der Waals surface area contributed by atoms with Crippen molar-refractivity contribution < 1.29 is 14.3 Å². The monoisotopic (exact) mass is 397 g/mol.